The number of hydrogen-bond acceptors (Lipinski definition) is 5. The number of nitrogens with zero attached hydrogens (tertiary/aromatic N) is 3. The normalized spacial score (nSPS) is 11.8. The number of hydrogen-bond donors (Lipinski definition) is 2. The van der Waals surface area contributed by atoms with Crippen molar-refractivity contribution in [1.82, 2.24) is 19.6 Å². The molecule has 0 aliphatic carbocycles. The highest BCUT2D eigenvalue weighted by Crippen LogP contribution is 2.24. The van der Waals surface area contributed by atoms with E-state index in [0.717, 1.165) is 4.52 Å². The fourth-order valence-electron chi connectivity index (χ4n) is 2.10. The van der Waals surface area contributed by atoms with Gasteiger partial charge in [0.25, 0.3) is 21.4 Å². The van der Waals surface area contributed by atoms with Crippen molar-refractivity contribution in [3.05, 3.63) is 50.9 Å². The van der Waals surface area contributed by atoms with Gasteiger partial charge in [0.05, 0.1) is 4.90 Å². The first-order valence-electron chi connectivity index (χ1n) is 6.52. The third-order valence-electron chi connectivity index (χ3n) is 3.20. The van der Waals surface area contributed by atoms with E-state index in [2.05, 4.69) is 19.8 Å². The Bertz CT molecular complexity index is 1070. The van der Waals surface area contributed by atoms with E-state index in [1.54, 1.807) is 19.9 Å². The molecule has 120 valence electrons. The van der Waals surface area contributed by atoms with E-state index in [1.165, 1.54) is 18.2 Å². The van der Waals surface area contributed by atoms with Gasteiger partial charge in [-0.05, 0) is 31.5 Å². The number of benzene rings is 1. The topological polar surface area (TPSA) is 109 Å². The maximum absolute atomic E-state index is 12.5. The van der Waals surface area contributed by atoms with Crippen LogP contribution in [0.25, 0.3) is 5.78 Å². The zero-order valence-electron chi connectivity index (χ0n) is 12.2. The summed E-state index contributed by atoms with van der Waals surface area (Å²) in [5, 5.41) is 2.90. The molecule has 0 aliphatic rings. The standard InChI is InChI=1S/C13H12ClN5O3S/c1-7-6-11(20)19-13(15-7)16-12(17-19)18-23(21,22)10-5-3-4-9(14)8(10)2/h3-6H,1-2H3,(H2,15,16,17,18). The molecule has 8 nitrogen and oxygen atoms in total. The molecule has 0 aliphatic heterocycles. The van der Waals surface area contributed by atoms with Gasteiger partial charge in [0.1, 0.15) is 0 Å². The highest BCUT2D eigenvalue weighted by Gasteiger charge is 2.20. The largest absolute Gasteiger partial charge is 0.274 e. The van der Waals surface area contributed by atoms with Crippen molar-refractivity contribution in [1.29, 1.82) is 0 Å². The third kappa shape index (κ3) is 2.80. The van der Waals surface area contributed by atoms with Gasteiger partial charge in [-0.15, -0.1) is 0 Å². The number of H-pyrrole nitrogens is 1. The van der Waals surface area contributed by atoms with E-state index in [9.17, 15) is 13.2 Å². The molecule has 0 spiro atoms. The second-order valence-corrected chi connectivity index (χ2v) is 6.97. The molecule has 0 radical (unpaired) electrons. The van der Waals surface area contributed by atoms with Gasteiger partial charge in [0.15, 0.2) is 0 Å². The Morgan fingerprint density at radius 3 is 2.74 bits per heavy atom. The molecule has 0 fully saturated rings. The first-order valence-corrected chi connectivity index (χ1v) is 8.38. The van der Waals surface area contributed by atoms with Crippen molar-refractivity contribution in [2.75, 3.05) is 4.72 Å². The molecule has 0 saturated carbocycles. The fraction of sp³-hybridized carbons (Fsp3) is 0.154. The molecule has 3 rings (SSSR count). The van der Waals surface area contributed by atoms with Gasteiger partial charge in [0, 0.05) is 16.8 Å². The summed E-state index contributed by atoms with van der Waals surface area (Å²) < 4.78 is 28.3. The first kappa shape index (κ1) is 15.5. The Morgan fingerprint density at radius 1 is 1.26 bits per heavy atom. The van der Waals surface area contributed by atoms with Crippen LogP contribution in [0.15, 0.2) is 34.0 Å². The minimum Gasteiger partial charge on any atom is -0.267 e. The van der Waals surface area contributed by atoms with E-state index in [-0.39, 0.29) is 22.2 Å². The lowest BCUT2D eigenvalue weighted by atomic mass is 10.2. The van der Waals surface area contributed by atoms with E-state index in [0.29, 0.717) is 16.3 Å². The number of fused-ring (bicyclic) bond motifs is 1. The van der Waals surface area contributed by atoms with Crippen molar-refractivity contribution in [3.8, 4) is 0 Å². The van der Waals surface area contributed by atoms with Gasteiger partial charge < -0.3 is 0 Å². The molecule has 0 atom stereocenters. The predicted molar refractivity (Wildman–Crippen MR) is 85.3 cm³/mol. The maximum Gasteiger partial charge on any atom is 0.274 e. The fourth-order valence-corrected chi connectivity index (χ4v) is 3.56. The van der Waals surface area contributed by atoms with Crippen LogP contribution in [0.5, 0.6) is 0 Å². The molecule has 0 unspecified atom stereocenters. The number of aromatic nitrogens is 4. The summed E-state index contributed by atoms with van der Waals surface area (Å²) in [5.41, 5.74) is 0.523. The molecular formula is C13H12ClN5O3S. The summed E-state index contributed by atoms with van der Waals surface area (Å²) in [5.74, 6) is -0.0323. The van der Waals surface area contributed by atoms with Gasteiger partial charge in [-0.3, -0.25) is 9.89 Å². The number of nitrogens with one attached hydrogen (secondary N) is 2. The number of anilines is 1. The smallest absolute Gasteiger partial charge is 0.267 e. The number of rotatable bonds is 3. The zero-order chi connectivity index (χ0) is 16.8. The van der Waals surface area contributed by atoms with Crippen LogP contribution >= 0.6 is 11.6 Å². The van der Waals surface area contributed by atoms with Crippen LogP contribution in [0.3, 0.4) is 0 Å². The Kier molecular flexibility index (Phi) is 3.61. The molecule has 1 aromatic carbocycles. The molecule has 2 N–H and O–H groups in total. The molecule has 2 aromatic heterocycles. The summed E-state index contributed by atoms with van der Waals surface area (Å²) in [7, 11) is -3.91. The van der Waals surface area contributed by atoms with Crippen molar-refractivity contribution in [2.24, 2.45) is 0 Å². The average molecular weight is 354 g/mol. The second-order valence-electron chi connectivity index (χ2n) is 4.91. The molecule has 23 heavy (non-hydrogen) atoms. The summed E-state index contributed by atoms with van der Waals surface area (Å²) >= 11 is 5.95. The predicted octanol–water partition coefficient (Wildman–Crippen LogP) is 1.49. The molecular weight excluding hydrogens is 342 g/mol. The number of halogens is 1. The molecule has 2 heterocycles. The van der Waals surface area contributed by atoms with Crippen LogP contribution < -0.4 is 10.3 Å². The van der Waals surface area contributed by atoms with Crippen LogP contribution in [0.4, 0.5) is 5.95 Å². The third-order valence-corrected chi connectivity index (χ3v) is 5.09. The average Bonchev–Trinajstić information content (AvgIpc) is 2.83. The SMILES string of the molecule is Cc1cc(=O)n2[nH]c(NS(=O)(=O)c3cccc(Cl)c3C)nc2n1. The van der Waals surface area contributed by atoms with Gasteiger partial charge in [0.2, 0.25) is 5.95 Å². The van der Waals surface area contributed by atoms with Gasteiger partial charge in [-0.1, -0.05) is 17.7 Å². The van der Waals surface area contributed by atoms with Crippen molar-refractivity contribution < 1.29 is 8.42 Å². The van der Waals surface area contributed by atoms with Crippen LogP contribution in [0, 0.1) is 13.8 Å². The lowest BCUT2D eigenvalue weighted by Crippen LogP contribution is -2.17. The van der Waals surface area contributed by atoms with E-state index in [4.69, 9.17) is 11.6 Å². The Morgan fingerprint density at radius 2 is 2.00 bits per heavy atom. The minimum atomic E-state index is -3.91. The van der Waals surface area contributed by atoms with Gasteiger partial charge in [-0.25, -0.2) is 18.1 Å². The first-order chi connectivity index (χ1) is 10.8. The van der Waals surface area contributed by atoms with Gasteiger partial charge in [-0.2, -0.15) is 9.50 Å². The van der Waals surface area contributed by atoms with E-state index >= 15 is 0 Å². The van der Waals surface area contributed by atoms with E-state index in [1.807, 2.05) is 0 Å². The van der Waals surface area contributed by atoms with Gasteiger partial charge >= 0.3 is 0 Å². The lowest BCUT2D eigenvalue weighted by molar-refractivity contribution is 0.600. The highest BCUT2D eigenvalue weighted by molar-refractivity contribution is 7.92. The monoisotopic (exact) mass is 353 g/mol. The molecule has 0 amide bonds. The molecule has 0 saturated heterocycles. The number of aromatic amines is 1. The van der Waals surface area contributed by atoms with Crippen molar-refractivity contribution >= 4 is 33.4 Å². The van der Waals surface area contributed by atoms with Crippen LogP contribution in [0.2, 0.25) is 5.02 Å². The number of sulfonamides is 1. The van der Waals surface area contributed by atoms with Crippen molar-refractivity contribution in [3.63, 3.8) is 0 Å². The van der Waals surface area contributed by atoms with Crippen LogP contribution in [0.1, 0.15) is 11.3 Å². The van der Waals surface area contributed by atoms with Crippen LogP contribution in [-0.4, -0.2) is 28.0 Å². The van der Waals surface area contributed by atoms with Crippen LogP contribution in [-0.2, 0) is 10.0 Å². The highest BCUT2D eigenvalue weighted by atomic mass is 35.5. The Labute approximate surface area is 136 Å². The molecule has 0 bridgehead atoms. The quantitative estimate of drug-likeness (QED) is 0.741. The molecule has 3 aromatic rings. The molecule has 10 heteroatoms. The summed E-state index contributed by atoms with van der Waals surface area (Å²) in [6, 6.07) is 5.88. The Balaban J connectivity index is 2.06. The lowest BCUT2D eigenvalue weighted by Gasteiger charge is -2.08. The number of aryl methyl sites for hydroxylation is 1. The zero-order valence-corrected chi connectivity index (χ0v) is 13.7. The second kappa shape index (κ2) is 5.36. The summed E-state index contributed by atoms with van der Waals surface area (Å²) in [6.07, 6.45) is 0. The minimum absolute atomic E-state index is 0.0296. The van der Waals surface area contributed by atoms with E-state index < -0.39 is 10.0 Å². The summed E-state index contributed by atoms with van der Waals surface area (Å²) in [6.45, 7) is 3.25. The summed E-state index contributed by atoms with van der Waals surface area (Å²) in [4.78, 5) is 19.9. The van der Waals surface area contributed by atoms with Crippen molar-refractivity contribution in [2.45, 2.75) is 18.7 Å². The maximum atomic E-state index is 12.5. The Hall–Kier alpha value is -2.39.